The van der Waals surface area contributed by atoms with E-state index >= 15 is 0 Å². The van der Waals surface area contributed by atoms with Gasteiger partial charge < -0.3 is 30.2 Å². The van der Waals surface area contributed by atoms with Crippen molar-refractivity contribution in [2.45, 2.75) is 32.6 Å². The van der Waals surface area contributed by atoms with Gasteiger partial charge in [-0.3, -0.25) is 0 Å². The lowest BCUT2D eigenvalue weighted by atomic mass is 10.2. The first-order chi connectivity index (χ1) is 5.27. The minimum atomic E-state index is 0.671. The highest BCUT2D eigenvalue weighted by atomic mass is 32.1. The number of thiocarbonyl (C=S) groups is 1. The van der Waals surface area contributed by atoms with Crippen LogP contribution in [0, 0.1) is 0 Å². The highest BCUT2D eigenvalue weighted by Gasteiger charge is 1.97. The van der Waals surface area contributed by atoms with Gasteiger partial charge in [0.25, 0.3) is 0 Å². The number of quaternary nitrogens is 1. The van der Waals surface area contributed by atoms with Crippen LogP contribution in [0.3, 0.4) is 0 Å². The maximum absolute atomic E-state index is 4.51. The molecule has 0 saturated carbocycles. The van der Waals surface area contributed by atoms with Crippen LogP contribution in [0.4, 0.5) is 0 Å². The van der Waals surface area contributed by atoms with Gasteiger partial charge in [-0.05, 0) is 25.7 Å². The second-order valence-electron chi connectivity index (χ2n) is 2.65. The Hall–Kier alpha value is 0.270. The van der Waals surface area contributed by atoms with Crippen molar-refractivity contribution in [1.29, 1.82) is 0 Å². The quantitative estimate of drug-likeness (QED) is 0.492. The highest BCUT2D eigenvalue weighted by Crippen LogP contribution is 1.91. The molecule has 1 nitrogen and oxygen atoms in total. The van der Waals surface area contributed by atoms with Gasteiger partial charge in [0.15, 0.2) is 0 Å². The Bertz CT molecular complexity index is 88.8. The number of nitrogens with two attached hydrogens (primary N) is 1. The average molecular weight is 191 g/mol. The van der Waals surface area contributed by atoms with Gasteiger partial charge in [0, 0.05) is 0 Å². The number of piperidine rings is 1. The standard InChI is InChI=1S/C5H11N.C3H6S2/c1-2-4-6-5-3-1;1-2-3(4)5/h6H,1-5H2;2H2,1H3,(H,4,5). The van der Waals surface area contributed by atoms with E-state index in [0.29, 0.717) is 4.20 Å². The Morgan fingerprint density at radius 1 is 1.36 bits per heavy atom. The van der Waals surface area contributed by atoms with Crippen molar-refractivity contribution in [1.82, 2.24) is 0 Å². The van der Waals surface area contributed by atoms with Crippen LogP contribution in [0.5, 0.6) is 0 Å². The van der Waals surface area contributed by atoms with Crippen molar-refractivity contribution in [3.8, 4) is 0 Å². The molecule has 0 aromatic rings. The van der Waals surface area contributed by atoms with Crippen LogP contribution >= 0.6 is 12.2 Å². The van der Waals surface area contributed by atoms with E-state index in [2.05, 4.69) is 30.2 Å². The fourth-order valence-corrected chi connectivity index (χ4v) is 0.898. The summed E-state index contributed by atoms with van der Waals surface area (Å²) in [6.45, 7) is 4.70. The van der Waals surface area contributed by atoms with Gasteiger partial charge in [0.2, 0.25) is 0 Å². The molecule has 1 fully saturated rings. The molecular formula is C8H17NS2. The molecule has 11 heavy (non-hydrogen) atoms. The van der Waals surface area contributed by atoms with Crippen molar-refractivity contribution in [3.05, 3.63) is 0 Å². The van der Waals surface area contributed by atoms with Crippen molar-refractivity contribution in [2.75, 3.05) is 13.1 Å². The van der Waals surface area contributed by atoms with Crippen LogP contribution in [0.2, 0.25) is 0 Å². The molecule has 1 aliphatic rings. The van der Waals surface area contributed by atoms with E-state index in [1.165, 1.54) is 32.4 Å². The predicted molar refractivity (Wildman–Crippen MR) is 55.8 cm³/mol. The normalized spacial score (nSPS) is 16.5. The fraction of sp³-hybridized carbons (Fsp3) is 0.875. The molecule has 0 bridgehead atoms. The van der Waals surface area contributed by atoms with E-state index in [-0.39, 0.29) is 0 Å². The average Bonchev–Trinajstić information content (AvgIpc) is 2.09. The minimum Gasteiger partial charge on any atom is -0.433 e. The van der Waals surface area contributed by atoms with Crippen LogP contribution in [0.1, 0.15) is 32.6 Å². The Morgan fingerprint density at radius 3 is 1.91 bits per heavy atom. The summed E-state index contributed by atoms with van der Waals surface area (Å²) >= 11 is 9.02. The Balaban J connectivity index is 0.000000187. The van der Waals surface area contributed by atoms with Crippen LogP contribution in [-0.2, 0) is 12.6 Å². The van der Waals surface area contributed by atoms with Crippen molar-refractivity contribution in [2.24, 2.45) is 0 Å². The largest absolute Gasteiger partial charge is 0.433 e. The molecule has 1 saturated heterocycles. The maximum atomic E-state index is 4.51. The third kappa shape index (κ3) is 10.3. The summed E-state index contributed by atoms with van der Waals surface area (Å²) in [4.78, 5) is 0. The molecule has 0 aromatic carbocycles. The lowest BCUT2D eigenvalue weighted by Gasteiger charge is -2.05. The van der Waals surface area contributed by atoms with Crippen molar-refractivity contribution in [3.63, 3.8) is 0 Å². The molecule has 1 heterocycles. The van der Waals surface area contributed by atoms with Gasteiger partial charge in [0.05, 0.1) is 13.1 Å². The highest BCUT2D eigenvalue weighted by molar-refractivity contribution is 8.00. The minimum absolute atomic E-state index is 0.671. The van der Waals surface area contributed by atoms with E-state index in [9.17, 15) is 0 Å². The number of rotatable bonds is 1. The molecular weight excluding hydrogens is 174 g/mol. The van der Waals surface area contributed by atoms with Gasteiger partial charge in [-0.15, -0.1) is 0 Å². The molecule has 1 rings (SSSR count). The lowest BCUT2D eigenvalue weighted by molar-refractivity contribution is -0.662. The molecule has 0 aliphatic carbocycles. The molecule has 0 unspecified atom stereocenters. The number of hydrogen-bond donors (Lipinski definition) is 1. The predicted octanol–water partition coefficient (Wildman–Crippen LogP) is 1.00. The van der Waals surface area contributed by atoms with Gasteiger partial charge in [0.1, 0.15) is 0 Å². The summed E-state index contributed by atoms with van der Waals surface area (Å²) in [5.41, 5.74) is 0. The SMILES string of the molecule is C1CC[NH2+]CC1.CCC(=S)[S-]. The Morgan fingerprint density at radius 2 is 1.82 bits per heavy atom. The van der Waals surface area contributed by atoms with E-state index in [0.717, 1.165) is 6.42 Å². The van der Waals surface area contributed by atoms with Gasteiger partial charge >= 0.3 is 0 Å². The van der Waals surface area contributed by atoms with Crippen LogP contribution < -0.4 is 5.32 Å². The first kappa shape index (κ1) is 11.3. The third-order valence-corrected chi connectivity index (χ3v) is 2.18. The van der Waals surface area contributed by atoms with E-state index in [4.69, 9.17) is 0 Å². The smallest absolute Gasteiger partial charge is 0.0755 e. The van der Waals surface area contributed by atoms with Gasteiger partial charge in [-0.25, -0.2) is 0 Å². The zero-order valence-electron chi connectivity index (χ0n) is 7.14. The first-order valence-electron chi connectivity index (χ1n) is 4.29. The second-order valence-corrected chi connectivity index (χ2v) is 3.90. The Kier molecular flexibility index (Phi) is 8.57. The first-order valence-corrected chi connectivity index (χ1v) is 5.10. The fourth-order valence-electron chi connectivity index (χ4n) is 0.898. The molecule has 3 heteroatoms. The molecule has 0 amide bonds. The summed E-state index contributed by atoms with van der Waals surface area (Å²) in [7, 11) is 0. The molecule has 0 aromatic heterocycles. The monoisotopic (exact) mass is 191 g/mol. The summed E-state index contributed by atoms with van der Waals surface area (Å²) < 4.78 is 0.671. The van der Waals surface area contributed by atoms with Crippen LogP contribution in [0.15, 0.2) is 0 Å². The zero-order chi connectivity index (χ0) is 8.53. The molecule has 0 spiro atoms. The summed E-state index contributed by atoms with van der Waals surface area (Å²) in [6, 6.07) is 0. The second kappa shape index (κ2) is 8.37. The summed E-state index contributed by atoms with van der Waals surface area (Å²) in [5.74, 6) is 0. The van der Waals surface area contributed by atoms with E-state index in [1.54, 1.807) is 0 Å². The van der Waals surface area contributed by atoms with Crippen molar-refractivity contribution >= 4 is 29.0 Å². The van der Waals surface area contributed by atoms with E-state index in [1.807, 2.05) is 6.92 Å². The summed E-state index contributed by atoms with van der Waals surface area (Å²) in [6.07, 6.45) is 5.21. The topological polar surface area (TPSA) is 16.6 Å². The molecule has 1 aliphatic heterocycles. The van der Waals surface area contributed by atoms with Crippen molar-refractivity contribution < 1.29 is 5.32 Å². The van der Waals surface area contributed by atoms with Gasteiger partial charge in [-0.1, -0.05) is 6.92 Å². The molecule has 2 N–H and O–H groups in total. The zero-order valence-corrected chi connectivity index (χ0v) is 8.77. The lowest BCUT2D eigenvalue weighted by Crippen LogP contribution is -2.85. The third-order valence-electron chi connectivity index (χ3n) is 1.61. The molecule has 0 atom stereocenters. The van der Waals surface area contributed by atoms with Gasteiger partial charge in [-0.2, -0.15) is 4.20 Å². The number of hydrogen-bond acceptors (Lipinski definition) is 2. The maximum Gasteiger partial charge on any atom is 0.0755 e. The molecule has 66 valence electrons. The summed E-state index contributed by atoms with van der Waals surface area (Å²) in [5, 5.41) is 2.39. The Labute approximate surface area is 80.4 Å². The van der Waals surface area contributed by atoms with Crippen LogP contribution in [0.25, 0.3) is 0 Å². The molecule has 0 radical (unpaired) electrons. The van der Waals surface area contributed by atoms with E-state index < -0.39 is 0 Å². The van der Waals surface area contributed by atoms with Crippen LogP contribution in [-0.4, -0.2) is 17.3 Å².